The first kappa shape index (κ1) is 13.2. The third-order valence-corrected chi connectivity index (χ3v) is 3.19. The van der Waals surface area contributed by atoms with Crippen molar-refractivity contribution in [1.82, 2.24) is 0 Å². The Hall–Kier alpha value is -2.79. The molecule has 0 radical (unpaired) electrons. The highest BCUT2D eigenvalue weighted by Crippen LogP contribution is 2.35. The number of aliphatic imine (C=N–C) groups is 1. The van der Waals surface area contributed by atoms with Gasteiger partial charge in [-0.15, -0.1) is 0 Å². The van der Waals surface area contributed by atoms with Gasteiger partial charge in [-0.25, -0.2) is 4.99 Å². The Morgan fingerprint density at radius 1 is 1.05 bits per heavy atom. The van der Waals surface area contributed by atoms with E-state index in [2.05, 4.69) is 4.99 Å². The zero-order chi connectivity index (χ0) is 14.8. The van der Waals surface area contributed by atoms with Gasteiger partial charge >= 0.3 is 0 Å². The SMILES string of the molecule is O=C(CO)/N=C1/C(=O)N(c2ccccc2)c2ccccc21. The van der Waals surface area contributed by atoms with Crippen LogP contribution in [0.25, 0.3) is 0 Å². The fraction of sp³-hybridized carbons (Fsp3) is 0.0625. The number of hydrogen-bond acceptors (Lipinski definition) is 3. The minimum absolute atomic E-state index is 0.0634. The van der Waals surface area contributed by atoms with Gasteiger partial charge in [0.05, 0.1) is 5.69 Å². The monoisotopic (exact) mass is 280 g/mol. The Labute approximate surface area is 121 Å². The van der Waals surface area contributed by atoms with E-state index in [9.17, 15) is 9.59 Å². The van der Waals surface area contributed by atoms with E-state index in [0.717, 1.165) is 0 Å². The maximum absolute atomic E-state index is 12.6. The molecule has 0 bridgehead atoms. The molecule has 1 heterocycles. The Kier molecular flexibility index (Phi) is 3.33. The highest BCUT2D eigenvalue weighted by molar-refractivity contribution is 6.56. The Morgan fingerprint density at radius 2 is 1.71 bits per heavy atom. The number of hydrogen-bond donors (Lipinski definition) is 1. The van der Waals surface area contributed by atoms with Crippen LogP contribution in [0.2, 0.25) is 0 Å². The van der Waals surface area contributed by atoms with Gasteiger partial charge in [-0.05, 0) is 18.2 Å². The molecule has 2 aromatic rings. The van der Waals surface area contributed by atoms with Crippen molar-refractivity contribution in [3.63, 3.8) is 0 Å². The largest absolute Gasteiger partial charge is 0.386 e. The third-order valence-electron chi connectivity index (χ3n) is 3.19. The molecule has 104 valence electrons. The standard InChI is InChI=1S/C16H12N2O3/c19-10-14(20)17-15-12-8-4-5-9-13(12)18(16(15)21)11-6-2-1-3-7-11/h1-9,19H,10H2/b17-15+. The molecule has 0 unspecified atom stereocenters. The molecule has 1 N–H and O–H groups in total. The van der Waals surface area contributed by atoms with Crippen LogP contribution in [0.15, 0.2) is 59.6 Å². The molecule has 1 aliphatic rings. The lowest BCUT2D eigenvalue weighted by molar-refractivity contribution is -0.120. The smallest absolute Gasteiger partial charge is 0.282 e. The molecule has 2 aromatic carbocycles. The van der Waals surface area contributed by atoms with E-state index in [-0.39, 0.29) is 11.6 Å². The minimum atomic E-state index is -0.733. The van der Waals surface area contributed by atoms with Crippen LogP contribution in [0.1, 0.15) is 5.56 Å². The Morgan fingerprint density at radius 3 is 2.43 bits per heavy atom. The van der Waals surface area contributed by atoms with Gasteiger partial charge in [-0.1, -0.05) is 36.4 Å². The number of anilines is 2. The second-order valence-electron chi connectivity index (χ2n) is 4.51. The van der Waals surface area contributed by atoms with Crippen molar-refractivity contribution in [1.29, 1.82) is 0 Å². The topological polar surface area (TPSA) is 70.0 Å². The van der Waals surface area contributed by atoms with E-state index < -0.39 is 12.5 Å². The van der Waals surface area contributed by atoms with Gasteiger partial charge in [0.2, 0.25) is 0 Å². The summed E-state index contributed by atoms with van der Waals surface area (Å²) in [6, 6.07) is 16.3. The summed E-state index contributed by atoms with van der Waals surface area (Å²) in [6.07, 6.45) is 0. The second-order valence-corrected chi connectivity index (χ2v) is 4.51. The summed E-state index contributed by atoms with van der Waals surface area (Å²) in [5.41, 5.74) is 2.04. The summed E-state index contributed by atoms with van der Waals surface area (Å²) in [5.74, 6) is -1.10. The number of aliphatic hydroxyl groups excluding tert-OH is 1. The number of amides is 2. The molecule has 0 aliphatic carbocycles. The number of para-hydroxylation sites is 2. The number of carbonyl (C=O) groups excluding carboxylic acids is 2. The van der Waals surface area contributed by atoms with Crippen LogP contribution in [-0.2, 0) is 9.59 Å². The molecule has 0 fully saturated rings. The van der Waals surface area contributed by atoms with E-state index in [1.807, 2.05) is 36.4 Å². The van der Waals surface area contributed by atoms with Crippen molar-refractivity contribution in [3.8, 4) is 0 Å². The van der Waals surface area contributed by atoms with Crippen molar-refractivity contribution in [2.24, 2.45) is 4.99 Å². The molecule has 0 spiro atoms. The summed E-state index contributed by atoms with van der Waals surface area (Å²) < 4.78 is 0. The lowest BCUT2D eigenvalue weighted by Crippen LogP contribution is -2.26. The summed E-state index contributed by atoms with van der Waals surface area (Å²) in [5, 5.41) is 8.83. The fourth-order valence-electron chi connectivity index (χ4n) is 2.30. The van der Waals surface area contributed by atoms with Gasteiger partial charge < -0.3 is 5.11 Å². The van der Waals surface area contributed by atoms with E-state index in [0.29, 0.717) is 16.9 Å². The van der Waals surface area contributed by atoms with Crippen molar-refractivity contribution in [3.05, 3.63) is 60.2 Å². The summed E-state index contributed by atoms with van der Waals surface area (Å²) in [7, 11) is 0. The maximum Gasteiger partial charge on any atom is 0.282 e. The molecule has 0 saturated heterocycles. The second kappa shape index (κ2) is 5.30. The van der Waals surface area contributed by atoms with Crippen LogP contribution in [0.5, 0.6) is 0 Å². The Balaban J connectivity index is 2.15. The summed E-state index contributed by atoms with van der Waals surface area (Å²) in [4.78, 5) is 29.2. The van der Waals surface area contributed by atoms with Gasteiger partial charge in [0, 0.05) is 11.3 Å². The van der Waals surface area contributed by atoms with Crippen molar-refractivity contribution in [2.45, 2.75) is 0 Å². The van der Waals surface area contributed by atoms with Crippen LogP contribution in [0.4, 0.5) is 11.4 Å². The van der Waals surface area contributed by atoms with Gasteiger partial charge in [0.25, 0.3) is 11.8 Å². The molecule has 0 atom stereocenters. The molecule has 1 aliphatic heterocycles. The van der Waals surface area contributed by atoms with Gasteiger partial charge in [0.15, 0.2) is 0 Å². The van der Waals surface area contributed by atoms with Gasteiger partial charge in [-0.2, -0.15) is 0 Å². The predicted octanol–water partition coefficient (Wildman–Crippen LogP) is 1.67. The van der Waals surface area contributed by atoms with Crippen LogP contribution in [0, 0.1) is 0 Å². The minimum Gasteiger partial charge on any atom is -0.386 e. The number of nitrogens with zero attached hydrogens (tertiary/aromatic N) is 2. The molecule has 5 heteroatoms. The van der Waals surface area contributed by atoms with Crippen LogP contribution < -0.4 is 4.90 Å². The maximum atomic E-state index is 12.6. The first-order valence-corrected chi connectivity index (χ1v) is 6.43. The van der Waals surface area contributed by atoms with E-state index in [1.54, 1.807) is 18.2 Å². The molecular weight excluding hydrogens is 268 g/mol. The fourth-order valence-corrected chi connectivity index (χ4v) is 2.30. The predicted molar refractivity (Wildman–Crippen MR) is 78.7 cm³/mol. The molecule has 21 heavy (non-hydrogen) atoms. The summed E-state index contributed by atoms with van der Waals surface area (Å²) in [6.45, 7) is -0.718. The molecule has 3 rings (SSSR count). The van der Waals surface area contributed by atoms with E-state index in [4.69, 9.17) is 5.11 Å². The zero-order valence-corrected chi connectivity index (χ0v) is 11.1. The molecule has 0 saturated carbocycles. The number of benzene rings is 2. The quantitative estimate of drug-likeness (QED) is 0.909. The Bertz CT molecular complexity index is 738. The lowest BCUT2D eigenvalue weighted by atomic mass is 10.1. The lowest BCUT2D eigenvalue weighted by Gasteiger charge is -2.16. The normalized spacial score (nSPS) is 15.4. The number of aliphatic hydroxyl groups is 1. The molecular formula is C16H12N2O3. The van der Waals surface area contributed by atoms with Crippen molar-refractivity contribution in [2.75, 3.05) is 11.5 Å². The van der Waals surface area contributed by atoms with Gasteiger partial charge in [0.1, 0.15) is 12.3 Å². The van der Waals surface area contributed by atoms with Crippen LogP contribution in [0.3, 0.4) is 0 Å². The zero-order valence-electron chi connectivity index (χ0n) is 11.1. The average Bonchev–Trinajstić information content (AvgIpc) is 2.80. The molecule has 0 aromatic heterocycles. The number of fused-ring (bicyclic) bond motifs is 1. The van der Waals surface area contributed by atoms with Crippen molar-refractivity contribution >= 4 is 28.9 Å². The van der Waals surface area contributed by atoms with Crippen LogP contribution in [-0.4, -0.2) is 29.2 Å². The first-order valence-electron chi connectivity index (χ1n) is 6.43. The van der Waals surface area contributed by atoms with Crippen molar-refractivity contribution < 1.29 is 14.7 Å². The third kappa shape index (κ3) is 2.23. The average molecular weight is 280 g/mol. The number of carbonyl (C=O) groups is 2. The molecule has 5 nitrogen and oxygen atoms in total. The molecule has 2 amide bonds. The van der Waals surface area contributed by atoms with Crippen LogP contribution >= 0.6 is 0 Å². The number of rotatable bonds is 2. The summed E-state index contributed by atoms with van der Waals surface area (Å²) >= 11 is 0. The van der Waals surface area contributed by atoms with Gasteiger partial charge in [-0.3, -0.25) is 14.5 Å². The highest BCUT2D eigenvalue weighted by atomic mass is 16.3. The van der Waals surface area contributed by atoms with E-state index in [1.165, 1.54) is 4.90 Å². The highest BCUT2D eigenvalue weighted by Gasteiger charge is 2.35. The first-order chi connectivity index (χ1) is 10.2. The van der Waals surface area contributed by atoms with E-state index >= 15 is 0 Å².